The molecule has 0 spiro atoms. The summed E-state index contributed by atoms with van der Waals surface area (Å²) in [5, 5.41) is 0. The van der Waals surface area contributed by atoms with Crippen LogP contribution in [0.5, 0.6) is 0 Å². The molecule has 0 amide bonds. The van der Waals surface area contributed by atoms with Gasteiger partial charge in [-0.1, -0.05) is 111 Å². The van der Waals surface area contributed by atoms with Crippen molar-refractivity contribution in [2.75, 3.05) is 0 Å². The average Bonchev–Trinajstić information content (AvgIpc) is 3.36. The van der Waals surface area contributed by atoms with E-state index in [1.165, 1.54) is 48.6 Å². The molecule has 1 unspecified atom stereocenters. The maximum Gasteiger partial charge on any atom is -1.00 e. The Bertz CT molecular complexity index is 1070. The third kappa shape index (κ3) is 10.7. The van der Waals surface area contributed by atoms with Crippen LogP contribution in [0.25, 0.3) is 11.1 Å². The van der Waals surface area contributed by atoms with E-state index in [4.69, 9.17) is 0 Å². The molecule has 0 bridgehead atoms. The molecule has 0 radical (unpaired) electrons. The molecule has 0 heterocycles. The number of benzene rings is 2. The number of halogens is 2. The van der Waals surface area contributed by atoms with Gasteiger partial charge in [0.05, 0.1) is 0 Å². The second-order valence-electron chi connectivity index (χ2n) is 13.5. The first kappa shape index (κ1) is 37.3. The standard InChI is InChI=1S/C21H25.C11H17.C3H6.2ClH.Zr/c1-20(2,3)16-7-9-18-14(12-16)11-15-13-17(21(4,5)6)8-10-19(15)18;1-5-9-6-7-10(8-9)11(2,3)4;1-3-2;;;/h7-10,12H,11H2,1-6H3;7-9H,5H2,1-4H3;1-2H3;2*1H;/q2*-1;;;;+2/p-2. The average molecular weight is 631 g/mol. The molecule has 1 atom stereocenters. The zero-order valence-electron chi connectivity index (χ0n) is 25.8. The molecule has 0 saturated heterocycles. The van der Waals surface area contributed by atoms with Crippen LogP contribution < -0.4 is 24.8 Å². The van der Waals surface area contributed by atoms with Gasteiger partial charge in [0.25, 0.3) is 0 Å². The number of rotatable bonds is 1. The van der Waals surface area contributed by atoms with Gasteiger partial charge in [0.2, 0.25) is 0 Å². The maximum atomic E-state index is 3.67. The summed E-state index contributed by atoms with van der Waals surface area (Å²) in [7, 11) is 0. The minimum atomic E-state index is 0. The summed E-state index contributed by atoms with van der Waals surface area (Å²) in [5.41, 5.74) is 10.4. The summed E-state index contributed by atoms with van der Waals surface area (Å²) < 4.78 is 1.51. The molecule has 2 aromatic carbocycles. The second kappa shape index (κ2) is 14.8. The largest absolute Gasteiger partial charge is 1.00 e. The van der Waals surface area contributed by atoms with Gasteiger partial charge in [0.15, 0.2) is 0 Å². The Labute approximate surface area is 262 Å². The molecule has 2 aromatic rings. The molecular formula is C35H48Cl2Zr-2. The van der Waals surface area contributed by atoms with Gasteiger partial charge in [-0.2, -0.15) is 35.4 Å². The van der Waals surface area contributed by atoms with E-state index in [1.54, 1.807) is 24.2 Å². The van der Waals surface area contributed by atoms with E-state index in [2.05, 4.69) is 138 Å². The molecule has 0 fully saturated rings. The van der Waals surface area contributed by atoms with Crippen molar-refractivity contribution in [3.05, 3.63) is 82.5 Å². The van der Waals surface area contributed by atoms with Crippen molar-refractivity contribution in [1.82, 2.24) is 0 Å². The molecule has 208 valence electrons. The van der Waals surface area contributed by atoms with Crippen molar-refractivity contribution in [2.24, 2.45) is 11.3 Å². The Balaban J connectivity index is 0.000000684. The minimum Gasteiger partial charge on any atom is -1.00 e. The van der Waals surface area contributed by atoms with Crippen LogP contribution in [0.2, 0.25) is 0 Å². The zero-order chi connectivity index (χ0) is 27.5. The summed E-state index contributed by atoms with van der Waals surface area (Å²) >= 11 is 1.55. The fourth-order valence-corrected chi connectivity index (χ4v) is 4.24. The first-order valence-electron chi connectivity index (χ1n) is 13.5. The number of allylic oxidation sites excluding steroid dienone is 4. The van der Waals surface area contributed by atoms with E-state index in [0.717, 1.165) is 6.42 Å². The van der Waals surface area contributed by atoms with Crippen molar-refractivity contribution in [2.45, 2.75) is 107 Å². The van der Waals surface area contributed by atoms with E-state index in [1.807, 2.05) is 0 Å². The quantitative estimate of drug-likeness (QED) is 0.360. The number of hydrogen-bond donors (Lipinski definition) is 0. The minimum absolute atomic E-state index is 0. The number of fused-ring (bicyclic) bond motifs is 3. The zero-order valence-corrected chi connectivity index (χ0v) is 29.8. The van der Waals surface area contributed by atoms with Gasteiger partial charge >= 0.3 is 41.3 Å². The van der Waals surface area contributed by atoms with Gasteiger partial charge in [-0.25, -0.2) is 6.08 Å². The van der Waals surface area contributed by atoms with E-state index >= 15 is 0 Å². The van der Waals surface area contributed by atoms with Gasteiger partial charge in [-0.05, 0) is 28.4 Å². The predicted octanol–water partition coefficient (Wildman–Crippen LogP) is 3.76. The Morgan fingerprint density at radius 1 is 0.842 bits per heavy atom. The summed E-state index contributed by atoms with van der Waals surface area (Å²) in [6.07, 6.45) is 10.0. The van der Waals surface area contributed by atoms with Gasteiger partial charge in [0, 0.05) is 0 Å². The first-order chi connectivity index (χ1) is 16.4. The van der Waals surface area contributed by atoms with Crippen LogP contribution in [0.1, 0.15) is 112 Å². The molecule has 0 aromatic heterocycles. The maximum absolute atomic E-state index is 3.67. The van der Waals surface area contributed by atoms with Crippen LogP contribution in [-0.2, 0) is 41.5 Å². The van der Waals surface area contributed by atoms with E-state index < -0.39 is 0 Å². The summed E-state index contributed by atoms with van der Waals surface area (Å²) in [4.78, 5) is 0. The van der Waals surface area contributed by atoms with Crippen molar-refractivity contribution < 1.29 is 49.0 Å². The van der Waals surface area contributed by atoms with Crippen molar-refractivity contribution in [3.63, 3.8) is 0 Å². The summed E-state index contributed by atoms with van der Waals surface area (Å²) in [5.74, 6) is 0.573. The van der Waals surface area contributed by atoms with Gasteiger partial charge in [0.1, 0.15) is 0 Å². The fourth-order valence-electron chi connectivity index (χ4n) is 4.24. The van der Waals surface area contributed by atoms with E-state index in [9.17, 15) is 0 Å². The predicted molar refractivity (Wildman–Crippen MR) is 156 cm³/mol. The van der Waals surface area contributed by atoms with Crippen LogP contribution >= 0.6 is 0 Å². The smallest absolute Gasteiger partial charge is 1.00 e. The van der Waals surface area contributed by atoms with E-state index in [0.29, 0.717) is 11.3 Å². The molecule has 4 rings (SSSR count). The van der Waals surface area contributed by atoms with Crippen LogP contribution in [-0.4, -0.2) is 3.21 Å². The molecule has 0 N–H and O–H groups in total. The molecule has 38 heavy (non-hydrogen) atoms. The van der Waals surface area contributed by atoms with Gasteiger partial charge in [-0.3, -0.25) is 6.08 Å². The van der Waals surface area contributed by atoms with E-state index in [-0.39, 0.29) is 35.6 Å². The first-order valence-corrected chi connectivity index (χ1v) is 14.7. The molecule has 2 aliphatic rings. The summed E-state index contributed by atoms with van der Waals surface area (Å²) in [6.45, 7) is 26.8. The third-order valence-electron chi connectivity index (χ3n) is 6.60. The Hall–Kier alpha value is -0.747. The van der Waals surface area contributed by atoms with Crippen LogP contribution in [0.15, 0.2) is 48.1 Å². The molecular weight excluding hydrogens is 583 g/mol. The summed E-state index contributed by atoms with van der Waals surface area (Å²) in [6, 6.07) is 15.2. The van der Waals surface area contributed by atoms with Crippen LogP contribution in [0.4, 0.5) is 0 Å². The SMILES string of the molecule is CC(C)(C)c1[c-]c2c(cc1)-c1ccc(C(C)(C)C)cc1C2.CCC1[C-]=CC(C(C)(C)C)=C1.C[C](C)=[Zr+2].[Cl-].[Cl-]. The van der Waals surface area contributed by atoms with Crippen molar-refractivity contribution in [3.8, 4) is 11.1 Å². The van der Waals surface area contributed by atoms with Crippen molar-refractivity contribution in [1.29, 1.82) is 0 Å². The fraction of sp³-hybridized carbons (Fsp3) is 0.514. The third-order valence-corrected chi connectivity index (χ3v) is 6.60. The molecule has 0 nitrogen and oxygen atoms in total. The monoisotopic (exact) mass is 628 g/mol. The van der Waals surface area contributed by atoms with Crippen LogP contribution in [0, 0.1) is 23.5 Å². The Morgan fingerprint density at radius 2 is 1.39 bits per heavy atom. The molecule has 0 saturated carbocycles. The second-order valence-corrected chi connectivity index (χ2v) is 16.0. The molecule has 2 aliphatic carbocycles. The Morgan fingerprint density at radius 3 is 1.82 bits per heavy atom. The van der Waals surface area contributed by atoms with Crippen LogP contribution in [0.3, 0.4) is 0 Å². The molecule has 3 heteroatoms. The normalized spacial score (nSPS) is 15.4. The topological polar surface area (TPSA) is 0 Å². The number of hydrogen-bond acceptors (Lipinski definition) is 0. The van der Waals surface area contributed by atoms with Crippen molar-refractivity contribution >= 4 is 3.21 Å². The van der Waals surface area contributed by atoms with Gasteiger partial charge < -0.3 is 24.8 Å². The molecule has 0 aliphatic heterocycles. The van der Waals surface area contributed by atoms with Gasteiger partial charge in [-0.15, -0.1) is 11.1 Å². The Kier molecular flexibility index (Phi) is 14.5.